The minimum Gasteiger partial charge on any atom is -0.438 e. The number of hydrogen-bond acceptors (Lipinski definition) is 2. The van der Waals surface area contributed by atoms with Crippen LogP contribution in [0.15, 0.2) is 134 Å². The van der Waals surface area contributed by atoms with Crippen LogP contribution in [0.5, 0.6) is 11.6 Å². The molecule has 0 aliphatic heterocycles. The predicted octanol–water partition coefficient (Wildman–Crippen LogP) is 6.52. The fourth-order valence-corrected chi connectivity index (χ4v) is 4.14. The van der Waals surface area contributed by atoms with Gasteiger partial charge in [-0.15, -0.1) is 0 Å². The van der Waals surface area contributed by atoms with Crippen molar-refractivity contribution in [2.75, 3.05) is 0 Å². The van der Waals surface area contributed by atoms with Crippen molar-refractivity contribution >= 4 is 0 Å². The van der Waals surface area contributed by atoms with Crippen LogP contribution in [-0.2, 0) is 5.54 Å². The maximum absolute atomic E-state index is 6.03. The lowest BCUT2D eigenvalue weighted by Crippen LogP contribution is -2.36. The average Bonchev–Trinajstić information content (AvgIpc) is 3.31. The molecule has 0 aliphatic carbocycles. The summed E-state index contributed by atoms with van der Waals surface area (Å²) in [5.74, 6) is 1.32. The first-order chi connectivity index (χ1) is 15.4. The van der Waals surface area contributed by atoms with Crippen LogP contribution in [0.25, 0.3) is 0 Å². The zero-order valence-electron chi connectivity index (χ0n) is 17.0. The Labute approximate surface area is 182 Å². The predicted molar refractivity (Wildman–Crippen MR) is 123 cm³/mol. The Morgan fingerprint density at radius 3 is 1.42 bits per heavy atom. The number of nitrogens with zero attached hydrogens (tertiary/aromatic N) is 2. The van der Waals surface area contributed by atoms with E-state index in [9.17, 15) is 0 Å². The Bertz CT molecular complexity index is 1140. The standard InChI is InChI=1S/C28H22N2O/c1-5-13-23(14-6-1)28(24-15-7-2-8-16-24,25-17-9-3-10-18-25)30-21-27(29-22-30)31-26-19-11-4-12-20-26/h1-22H. The maximum Gasteiger partial charge on any atom is 0.237 e. The Morgan fingerprint density at radius 1 is 0.548 bits per heavy atom. The highest BCUT2D eigenvalue weighted by molar-refractivity contribution is 5.51. The number of rotatable bonds is 6. The van der Waals surface area contributed by atoms with Crippen LogP contribution >= 0.6 is 0 Å². The van der Waals surface area contributed by atoms with Gasteiger partial charge >= 0.3 is 0 Å². The largest absolute Gasteiger partial charge is 0.438 e. The molecule has 0 unspecified atom stereocenters. The van der Waals surface area contributed by atoms with Crippen LogP contribution < -0.4 is 4.74 Å². The second-order valence-electron chi connectivity index (χ2n) is 7.34. The molecule has 0 amide bonds. The second kappa shape index (κ2) is 8.33. The normalized spacial score (nSPS) is 11.2. The smallest absolute Gasteiger partial charge is 0.237 e. The molecular formula is C28H22N2O. The lowest BCUT2D eigenvalue weighted by Gasteiger charge is -2.37. The average molecular weight is 402 g/mol. The summed E-state index contributed by atoms with van der Waals surface area (Å²) in [4.78, 5) is 4.59. The van der Waals surface area contributed by atoms with Crippen LogP contribution in [0.2, 0.25) is 0 Å². The highest BCUT2D eigenvalue weighted by Gasteiger charge is 2.38. The van der Waals surface area contributed by atoms with Gasteiger partial charge < -0.3 is 9.30 Å². The van der Waals surface area contributed by atoms with Crippen molar-refractivity contribution in [1.82, 2.24) is 9.55 Å². The van der Waals surface area contributed by atoms with E-state index in [2.05, 4.69) is 82.3 Å². The Morgan fingerprint density at radius 2 is 0.968 bits per heavy atom. The van der Waals surface area contributed by atoms with Gasteiger partial charge in [0.15, 0.2) is 0 Å². The van der Waals surface area contributed by atoms with Crippen molar-refractivity contribution in [2.24, 2.45) is 0 Å². The molecule has 5 aromatic rings. The van der Waals surface area contributed by atoms with Crippen molar-refractivity contribution in [3.8, 4) is 11.6 Å². The third kappa shape index (κ3) is 3.51. The molecule has 0 fully saturated rings. The van der Waals surface area contributed by atoms with E-state index in [0.29, 0.717) is 5.88 Å². The zero-order chi connectivity index (χ0) is 20.9. The first-order valence-electron chi connectivity index (χ1n) is 10.3. The van der Waals surface area contributed by atoms with Gasteiger partial charge in [-0.25, -0.2) is 4.98 Å². The van der Waals surface area contributed by atoms with Gasteiger partial charge in [0.2, 0.25) is 5.88 Å². The fraction of sp³-hybridized carbons (Fsp3) is 0.0357. The number of para-hydroxylation sites is 1. The lowest BCUT2D eigenvalue weighted by molar-refractivity contribution is 0.460. The molecule has 0 N–H and O–H groups in total. The number of aromatic nitrogens is 2. The van der Waals surface area contributed by atoms with Crippen molar-refractivity contribution in [2.45, 2.75) is 5.54 Å². The summed E-state index contributed by atoms with van der Waals surface area (Å²) in [5.41, 5.74) is 2.86. The van der Waals surface area contributed by atoms with Gasteiger partial charge in [0.25, 0.3) is 0 Å². The van der Waals surface area contributed by atoms with Gasteiger partial charge in [0.05, 0.1) is 6.20 Å². The van der Waals surface area contributed by atoms with Crippen molar-refractivity contribution in [3.05, 3.63) is 151 Å². The summed E-state index contributed by atoms with van der Waals surface area (Å²) >= 11 is 0. The molecule has 0 bridgehead atoms. The summed E-state index contributed by atoms with van der Waals surface area (Å²) in [6.45, 7) is 0. The highest BCUT2D eigenvalue weighted by atomic mass is 16.5. The second-order valence-corrected chi connectivity index (χ2v) is 7.34. The molecule has 31 heavy (non-hydrogen) atoms. The van der Waals surface area contributed by atoms with E-state index < -0.39 is 5.54 Å². The molecular weight excluding hydrogens is 380 g/mol. The van der Waals surface area contributed by atoms with Gasteiger partial charge in [-0.1, -0.05) is 109 Å². The highest BCUT2D eigenvalue weighted by Crippen LogP contribution is 2.41. The van der Waals surface area contributed by atoms with E-state index in [1.807, 2.05) is 61.1 Å². The first kappa shape index (κ1) is 18.9. The van der Waals surface area contributed by atoms with Crippen LogP contribution in [0.3, 0.4) is 0 Å². The van der Waals surface area contributed by atoms with Crippen LogP contribution in [0.1, 0.15) is 16.7 Å². The number of ether oxygens (including phenoxy) is 1. The quantitative estimate of drug-likeness (QED) is 0.303. The molecule has 0 spiro atoms. The molecule has 0 radical (unpaired) electrons. The molecule has 5 rings (SSSR count). The Hall–Kier alpha value is -4.11. The van der Waals surface area contributed by atoms with Gasteiger partial charge in [-0.05, 0) is 28.8 Å². The number of imidazole rings is 1. The van der Waals surface area contributed by atoms with Crippen molar-refractivity contribution < 1.29 is 4.74 Å². The van der Waals surface area contributed by atoms with Crippen LogP contribution in [-0.4, -0.2) is 9.55 Å². The third-order valence-electron chi connectivity index (χ3n) is 5.49. The summed E-state index contributed by atoms with van der Waals surface area (Å²) in [6.07, 6.45) is 3.82. The number of benzene rings is 4. The summed E-state index contributed by atoms with van der Waals surface area (Å²) < 4.78 is 8.17. The Kier molecular flexibility index (Phi) is 5.07. The SMILES string of the molecule is c1ccc(Oc2cn(C(c3ccccc3)(c3ccccc3)c3ccccc3)cn2)cc1. The summed E-state index contributed by atoms with van der Waals surface area (Å²) in [7, 11) is 0. The van der Waals surface area contributed by atoms with E-state index in [-0.39, 0.29) is 0 Å². The molecule has 4 aromatic carbocycles. The third-order valence-corrected chi connectivity index (χ3v) is 5.49. The van der Waals surface area contributed by atoms with Crippen LogP contribution in [0, 0.1) is 0 Å². The van der Waals surface area contributed by atoms with Crippen molar-refractivity contribution in [1.29, 1.82) is 0 Å². The molecule has 3 nitrogen and oxygen atoms in total. The molecule has 3 heteroatoms. The molecule has 0 aliphatic rings. The maximum atomic E-state index is 6.03. The van der Waals surface area contributed by atoms with Gasteiger partial charge in [-0.2, -0.15) is 0 Å². The summed E-state index contributed by atoms with van der Waals surface area (Å²) in [5, 5.41) is 0. The molecule has 1 aromatic heterocycles. The van der Waals surface area contributed by atoms with E-state index >= 15 is 0 Å². The zero-order valence-corrected chi connectivity index (χ0v) is 17.0. The molecule has 150 valence electrons. The van der Waals surface area contributed by atoms with Crippen molar-refractivity contribution in [3.63, 3.8) is 0 Å². The summed E-state index contributed by atoms with van der Waals surface area (Å²) in [6, 6.07) is 41.3. The number of hydrogen-bond donors (Lipinski definition) is 0. The van der Waals surface area contributed by atoms with E-state index in [1.54, 1.807) is 0 Å². The molecule has 0 atom stereocenters. The van der Waals surface area contributed by atoms with Gasteiger partial charge in [-0.3, -0.25) is 0 Å². The monoisotopic (exact) mass is 402 g/mol. The minimum absolute atomic E-state index is 0.554. The lowest BCUT2D eigenvalue weighted by atomic mass is 9.77. The minimum atomic E-state index is -0.588. The van der Waals surface area contributed by atoms with Gasteiger partial charge in [0, 0.05) is 0 Å². The first-order valence-corrected chi connectivity index (χ1v) is 10.3. The van der Waals surface area contributed by atoms with E-state index in [1.165, 1.54) is 0 Å². The molecule has 0 saturated heterocycles. The topological polar surface area (TPSA) is 27.1 Å². The van der Waals surface area contributed by atoms with Crippen LogP contribution in [0.4, 0.5) is 0 Å². The van der Waals surface area contributed by atoms with Gasteiger partial charge in [0.1, 0.15) is 17.6 Å². The fourth-order valence-electron chi connectivity index (χ4n) is 4.14. The van der Waals surface area contributed by atoms with E-state index in [0.717, 1.165) is 22.4 Å². The molecule has 0 saturated carbocycles. The van der Waals surface area contributed by atoms with E-state index in [4.69, 9.17) is 4.74 Å². The molecule has 1 heterocycles. The Balaban J connectivity index is 1.73.